The highest BCUT2D eigenvalue weighted by Gasteiger charge is 2.20. The minimum atomic E-state index is -3.01. The molecule has 0 aliphatic rings. The second-order valence-corrected chi connectivity index (χ2v) is 4.22. The molecule has 19 heavy (non-hydrogen) atoms. The lowest BCUT2D eigenvalue weighted by Crippen LogP contribution is -2.08. The van der Waals surface area contributed by atoms with E-state index < -0.39 is 6.61 Å². The van der Waals surface area contributed by atoms with Gasteiger partial charge in [0.1, 0.15) is 0 Å². The molecule has 0 spiro atoms. The lowest BCUT2D eigenvalue weighted by atomic mass is 10.0. The Kier molecular flexibility index (Phi) is 3.76. The summed E-state index contributed by atoms with van der Waals surface area (Å²) in [6, 6.07) is 10.2. The van der Waals surface area contributed by atoms with Gasteiger partial charge < -0.3 is 16.2 Å². The van der Waals surface area contributed by atoms with Crippen molar-refractivity contribution in [2.24, 2.45) is 0 Å². The summed E-state index contributed by atoms with van der Waals surface area (Å²) in [6.45, 7) is -3.01. The third kappa shape index (κ3) is 2.71. The Labute approximate surface area is 113 Å². The summed E-state index contributed by atoms with van der Waals surface area (Å²) in [4.78, 5) is 0. The molecule has 0 aliphatic heterocycles. The van der Waals surface area contributed by atoms with Gasteiger partial charge in [-0.3, -0.25) is 0 Å². The molecule has 0 aromatic heterocycles. The first-order valence-electron chi connectivity index (χ1n) is 5.38. The van der Waals surface area contributed by atoms with E-state index in [4.69, 9.17) is 23.1 Å². The normalized spacial score (nSPS) is 10.7. The predicted molar refractivity (Wildman–Crippen MR) is 72.3 cm³/mol. The van der Waals surface area contributed by atoms with Crippen molar-refractivity contribution in [1.29, 1.82) is 0 Å². The fourth-order valence-corrected chi connectivity index (χ4v) is 2.06. The molecule has 2 aromatic rings. The van der Waals surface area contributed by atoms with E-state index in [2.05, 4.69) is 4.74 Å². The number of hydrogen-bond donors (Lipinski definition) is 2. The van der Waals surface area contributed by atoms with Crippen molar-refractivity contribution in [2.45, 2.75) is 6.61 Å². The molecular formula is C13H11ClF2N2O. The van der Waals surface area contributed by atoms with E-state index in [1.165, 1.54) is 6.07 Å². The van der Waals surface area contributed by atoms with Gasteiger partial charge in [-0.25, -0.2) is 0 Å². The Hall–Kier alpha value is -2.01. The number of benzene rings is 2. The van der Waals surface area contributed by atoms with Gasteiger partial charge in [-0.1, -0.05) is 41.9 Å². The van der Waals surface area contributed by atoms with Crippen LogP contribution in [0.25, 0.3) is 11.1 Å². The first-order valence-corrected chi connectivity index (χ1v) is 5.76. The van der Waals surface area contributed by atoms with Crippen molar-refractivity contribution in [1.82, 2.24) is 0 Å². The maximum atomic E-state index is 12.5. The van der Waals surface area contributed by atoms with Crippen LogP contribution in [0.5, 0.6) is 5.75 Å². The lowest BCUT2D eigenvalue weighted by molar-refractivity contribution is -0.0488. The highest BCUT2D eigenvalue weighted by atomic mass is 35.5. The van der Waals surface area contributed by atoms with Crippen molar-refractivity contribution in [3.8, 4) is 16.9 Å². The van der Waals surface area contributed by atoms with Gasteiger partial charge in [0.05, 0.1) is 16.4 Å². The van der Waals surface area contributed by atoms with E-state index >= 15 is 0 Å². The Balaban J connectivity index is 2.68. The van der Waals surface area contributed by atoms with Crippen molar-refractivity contribution < 1.29 is 13.5 Å². The number of rotatable bonds is 3. The number of nitrogens with two attached hydrogens (primary N) is 2. The molecule has 0 aliphatic carbocycles. The minimum Gasteiger partial charge on any atom is -0.432 e. The summed E-state index contributed by atoms with van der Waals surface area (Å²) in [5.74, 6) is -0.203. The molecule has 0 bridgehead atoms. The molecule has 0 amide bonds. The molecule has 0 heterocycles. The fraction of sp³-hybridized carbons (Fsp3) is 0.0769. The Morgan fingerprint density at radius 3 is 2.32 bits per heavy atom. The van der Waals surface area contributed by atoms with Gasteiger partial charge in [-0.15, -0.1) is 0 Å². The van der Waals surface area contributed by atoms with Crippen LogP contribution < -0.4 is 16.2 Å². The van der Waals surface area contributed by atoms with Gasteiger partial charge in [0, 0.05) is 5.56 Å². The van der Waals surface area contributed by atoms with Gasteiger partial charge in [0.2, 0.25) is 0 Å². The number of halogens is 3. The maximum Gasteiger partial charge on any atom is 0.387 e. The van der Waals surface area contributed by atoms with Crippen molar-refractivity contribution in [2.75, 3.05) is 11.5 Å². The van der Waals surface area contributed by atoms with Crippen LogP contribution >= 0.6 is 11.6 Å². The van der Waals surface area contributed by atoms with Crippen LogP contribution in [0.15, 0.2) is 36.4 Å². The average Bonchev–Trinajstić information content (AvgIpc) is 2.36. The largest absolute Gasteiger partial charge is 0.432 e. The summed E-state index contributed by atoms with van der Waals surface area (Å²) < 4.78 is 29.5. The van der Waals surface area contributed by atoms with Gasteiger partial charge in [-0.05, 0) is 11.6 Å². The zero-order chi connectivity index (χ0) is 14.0. The number of ether oxygens (including phenoxy) is 1. The standard InChI is InChI=1S/C13H11ClF2N2O/c14-8-6-9(17)11(18)12(19-13(15)16)10(8)7-4-2-1-3-5-7/h1-6,13H,17-18H2. The molecule has 4 N–H and O–H groups in total. The van der Waals surface area contributed by atoms with E-state index in [1.807, 2.05) is 0 Å². The fourth-order valence-electron chi connectivity index (χ4n) is 1.75. The number of nitrogen functional groups attached to an aromatic ring is 2. The molecule has 3 nitrogen and oxygen atoms in total. The van der Waals surface area contributed by atoms with Gasteiger partial charge in [-0.2, -0.15) is 8.78 Å². The highest BCUT2D eigenvalue weighted by Crippen LogP contribution is 2.44. The quantitative estimate of drug-likeness (QED) is 0.843. The number of alkyl halides is 2. The molecule has 2 aromatic carbocycles. The maximum absolute atomic E-state index is 12.5. The number of anilines is 2. The summed E-state index contributed by atoms with van der Waals surface area (Å²) in [5.41, 5.74) is 12.3. The SMILES string of the molecule is Nc1cc(Cl)c(-c2ccccc2)c(OC(F)F)c1N. The van der Waals surface area contributed by atoms with E-state index in [-0.39, 0.29) is 22.1 Å². The van der Waals surface area contributed by atoms with Crippen LogP contribution in [-0.4, -0.2) is 6.61 Å². The zero-order valence-corrected chi connectivity index (χ0v) is 10.5. The molecule has 0 unspecified atom stereocenters. The van der Waals surface area contributed by atoms with Gasteiger partial charge >= 0.3 is 6.61 Å². The topological polar surface area (TPSA) is 61.3 Å². The Morgan fingerprint density at radius 1 is 1.11 bits per heavy atom. The van der Waals surface area contributed by atoms with Crippen LogP contribution in [0.3, 0.4) is 0 Å². The first-order chi connectivity index (χ1) is 9.00. The number of hydrogen-bond acceptors (Lipinski definition) is 3. The van der Waals surface area contributed by atoms with Crippen LogP contribution in [0.1, 0.15) is 0 Å². The van der Waals surface area contributed by atoms with Gasteiger partial charge in [0.25, 0.3) is 0 Å². The van der Waals surface area contributed by atoms with E-state index in [9.17, 15) is 8.78 Å². The molecule has 0 atom stereocenters. The predicted octanol–water partition coefficient (Wildman–Crippen LogP) is 3.77. The Bertz CT molecular complexity index is 591. The molecule has 2 rings (SSSR count). The van der Waals surface area contributed by atoms with Crippen molar-refractivity contribution >= 4 is 23.0 Å². The lowest BCUT2D eigenvalue weighted by Gasteiger charge is -2.16. The average molecular weight is 285 g/mol. The third-order valence-corrected chi connectivity index (χ3v) is 2.87. The van der Waals surface area contributed by atoms with E-state index in [0.29, 0.717) is 11.1 Å². The molecule has 100 valence electrons. The smallest absolute Gasteiger partial charge is 0.387 e. The molecule has 0 saturated heterocycles. The zero-order valence-electron chi connectivity index (χ0n) is 9.74. The first kappa shape index (κ1) is 13.4. The second-order valence-electron chi connectivity index (χ2n) is 3.81. The minimum absolute atomic E-state index is 0.0523. The van der Waals surface area contributed by atoms with Crippen molar-refractivity contribution in [3.63, 3.8) is 0 Å². The van der Waals surface area contributed by atoms with Crippen LogP contribution in [-0.2, 0) is 0 Å². The molecule has 0 fully saturated rings. The highest BCUT2D eigenvalue weighted by molar-refractivity contribution is 6.34. The molecule has 0 saturated carbocycles. The van der Waals surface area contributed by atoms with Crippen LogP contribution in [0, 0.1) is 0 Å². The summed E-state index contributed by atoms with van der Waals surface area (Å²) in [7, 11) is 0. The van der Waals surface area contributed by atoms with Crippen LogP contribution in [0.2, 0.25) is 5.02 Å². The molecule has 6 heteroatoms. The van der Waals surface area contributed by atoms with E-state index in [1.54, 1.807) is 30.3 Å². The summed E-state index contributed by atoms with van der Waals surface area (Å²) in [6.07, 6.45) is 0. The van der Waals surface area contributed by atoms with E-state index in [0.717, 1.165) is 0 Å². The van der Waals surface area contributed by atoms with Crippen molar-refractivity contribution in [3.05, 3.63) is 41.4 Å². The summed E-state index contributed by atoms with van der Waals surface area (Å²) >= 11 is 6.06. The molecule has 0 radical (unpaired) electrons. The van der Waals surface area contributed by atoms with Crippen LogP contribution in [0.4, 0.5) is 20.2 Å². The molecular weight excluding hydrogens is 274 g/mol. The van der Waals surface area contributed by atoms with Gasteiger partial charge in [0.15, 0.2) is 5.75 Å². The monoisotopic (exact) mass is 284 g/mol. The third-order valence-electron chi connectivity index (χ3n) is 2.57. The second kappa shape index (κ2) is 5.32. The Morgan fingerprint density at radius 2 is 1.74 bits per heavy atom. The summed E-state index contributed by atoms with van der Waals surface area (Å²) in [5, 5.41) is 0.202.